The van der Waals surface area contributed by atoms with Crippen molar-refractivity contribution in [3.63, 3.8) is 0 Å². The molecule has 3 atom stereocenters. The van der Waals surface area contributed by atoms with Gasteiger partial charge in [0.1, 0.15) is 11.5 Å². The Kier molecular flexibility index (Phi) is 7.14. The second kappa shape index (κ2) is 12.6. The normalized spacial score (nSPS) is 18.6. The molecule has 12 rings (SSSR count). The van der Waals surface area contributed by atoms with Crippen LogP contribution in [0.25, 0.3) is 65.2 Å². The van der Waals surface area contributed by atoms with Crippen LogP contribution in [0.3, 0.4) is 0 Å². The lowest BCUT2D eigenvalue weighted by Gasteiger charge is -2.43. The van der Waals surface area contributed by atoms with Gasteiger partial charge in [-0.25, -0.2) is 9.97 Å². The number of allylic oxidation sites excluding steroid dienone is 4. The lowest BCUT2D eigenvalue weighted by Crippen LogP contribution is -2.37. The van der Waals surface area contributed by atoms with Gasteiger partial charge in [0.2, 0.25) is 0 Å². The number of hydrogen-bond donors (Lipinski definition) is 0. The third-order valence-corrected chi connectivity index (χ3v) is 13.4. The number of thiophene rings is 1. The van der Waals surface area contributed by atoms with Gasteiger partial charge in [-0.05, 0) is 64.7 Å². The minimum absolute atomic E-state index is 0.213. The number of rotatable bonds is 4. The van der Waals surface area contributed by atoms with Crippen molar-refractivity contribution >= 4 is 31.5 Å². The number of fused-ring (bicyclic) bond motifs is 12. The summed E-state index contributed by atoms with van der Waals surface area (Å²) >= 11 is 1.83. The molecule has 1 spiro atoms. The van der Waals surface area contributed by atoms with Gasteiger partial charge in [-0.2, -0.15) is 0 Å². The maximum absolute atomic E-state index is 6.74. The van der Waals surface area contributed by atoms with Gasteiger partial charge in [0, 0.05) is 59.8 Å². The fourth-order valence-electron chi connectivity index (χ4n) is 9.75. The minimum Gasteiger partial charge on any atom is -0.457 e. The molecule has 268 valence electrons. The van der Waals surface area contributed by atoms with Crippen LogP contribution in [0.15, 0.2) is 194 Å². The van der Waals surface area contributed by atoms with E-state index in [-0.39, 0.29) is 11.8 Å². The summed E-state index contributed by atoms with van der Waals surface area (Å²) in [4.78, 5) is 10.5. The molecule has 3 unspecified atom stereocenters. The summed E-state index contributed by atoms with van der Waals surface area (Å²) in [5.74, 6) is 3.02. The SMILES string of the molecule is C1=CC2c3ccccc3C3(c4ccccc4Oc4ccc(-c5cccc(-c6nc(-c7ccccc7)cc(-c7ccc8c(c7)sc7ccccc78)n6)c5)cc43)C2C=C1. The molecule has 0 amide bonds. The Morgan fingerprint density at radius 2 is 1.14 bits per heavy atom. The molecule has 3 nitrogen and oxygen atoms in total. The van der Waals surface area contributed by atoms with E-state index in [1.165, 1.54) is 42.4 Å². The highest BCUT2D eigenvalue weighted by atomic mass is 32.1. The number of aromatic nitrogens is 2. The fraction of sp³-hybridized carbons (Fsp3) is 0.0566. The van der Waals surface area contributed by atoms with E-state index in [0.717, 1.165) is 50.7 Å². The van der Waals surface area contributed by atoms with Gasteiger partial charge >= 0.3 is 0 Å². The molecule has 4 heteroatoms. The Labute approximate surface area is 334 Å². The zero-order valence-electron chi connectivity index (χ0n) is 30.8. The van der Waals surface area contributed by atoms with Crippen LogP contribution in [-0.2, 0) is 5.41 Å². The fourth-order valence-corrected chi connectivity index (χ4v) is 10.9. The van der Waals surface area contributed by atoms with Crippen LogP contribution in [0.1, 0.15) is 28.2 Å². The molecule has 0 fully saturated rings. The van der Waals surface area contributed by atoms with Gasteiger partial charge in [0.15, 0.2) is 5.82 Å². The second-order valence-corrected chi connectivity index (χ2v) is 16.3. The number of para-hydroxylation sites is 1. The summed E-state index contributed by atoms with van der Waals surface area (Å²) in [5.41, 5.74) is 11.9. The van der Waals surface area contributed by atoms with E-state index in [1.807, 2.05) is 17.4 Å². The molecule has 9 aromatic rings. The lowest BCUT2D eigenvalue weighted by molar-refractivity contribution is 0.374. The summed E-state index contributed by atoms with van der Waals surface area (Å²) in [6, 6.07) is 61.0. The van der Waals surface area contributed by atoms with Crippen LogP contribution >= 0.6 is 11.3 Å². The van der Waals surface area contributed by atoms with E-state index in [0.29, 0.717) is 5.82 Å². The van der Waals surface area contributed by atoms with Crippen LogP contribution in [0.5, 0.6) is 11.5 Å². The molecule has 57 heavy (non-hydrogen) atoms. The van der Waals surface area contributed by atoms with Gasteiger partial charge in [-0.15, -0.1) is 11.3 Å². The van der Waals surface area contributed by atoms with E-state index in [2.05, 4.69) is 188 Å². The largest absolute Gasteiger partial charge is 0.457 e. The van der Waals surface area contributed by atoms with E-state index in [1.54, 1.807) is 0 Å². The molecule has 2 aromatic heterocycles. The quantitative estimate of drug-likeness (QED) is 0.180. The predicted molar refractivity (Wildman–Crippen MR) is 234 cm³/mol. The van der Waals surface area contributed by atoms with E-state index in [9.17, 15) is 0 Å². The Morgan fingerprint density at radius 3 is 2.07 bits per heavy atom. The van der Waals surface area contributed by atoms with Crippen molar-refractivity contribution in [1.82, 2.24) is 9.97 Å². The van der Waals surface area contributed by atoms with Crippen molar-refractivity contribution in [1.29, 1.82) is 0 Å². The van der Waals surface area contributed by atoms with E-state index >= 15 is 0 Å². The van der Waals surface area contributed by atoms with Crippen molar-refractivity contribution in [2.75, 3.05) is 0 Å². The Morgan fingerprint density at radius 1 is 0.456 bits per heavy atom. The van der Waals surface area contributed by atoms with Crippen molar-refractivity contribution < 1.29 is 4.74 Å². The molecule has 0 saturated heterocycles. The molecular weight excluding hydrogens is 713 g/mol. The monoisotopic (exact) mass is 746 g/mol. The molecule has 3 heterocycles. The first-order chi connectivity index (χ1) is 28.2. The van der Waals surface area contributed by atoms with Crippen molar-refractivity contribution in [2.24, 2.45) is 5.92 Å². The topological polar surface area (TPSA) is 35.0 Å². The summed E-state index contributed by atoms with van der Waals surface area (Å²) in [7, 11) is 0. The minimum atomic E-state index is -0.405. The van der Waals surface area contributed by atoms with Crippen LogP contribution in [0, 0.1) is 5.92 Å². The molecule has 2 aliphatic carbocycles. The first-order valence-electron chi connectivity index (χ1n) is 19.6. The molecule has 0 saturated carbocycles. The molecule has 0 N–H and O–H groups in total. The lowest BCUT2D eigenvalue weighted by atomic mass is 9.61. The third kappa shape index (κ3) is 4.90. The molecule has 7 aromatic carbocycles. The highest BCUT2D eigenvalue weighted by Crippen LogP contribution is 2.64. The summed E-state index contributed by atoms with van der Waals surface area (Å²) in [6.07, 6.45) is 9.21. The standard InChI is InChI=1S/C53H34N2OS/c1-2-13-33(14-3-1)46-32-47(36-25-27-41-40-19-6-11-24-50(40)57-51(41)31-36)55-52(54-46)37-16-12-15-34(29-37)35-26-28-49-45(30-35)53(44-22-9-10-23-48(44)56-49)42-20-7-4-17-38(42)39-18-5-8-21-43(39)53/h1-32,38,42H. The first kappa shape index (κ1) is 32.4. The van der Waals surface area contributed by atoms with Crippen molar-refractivity contribution in [2.45, 2.75) is 11.3 Å². The zero-order chi connectivity index (χ0) is 37.5. The third-order valence-electron chi connectivity index (χ3n) is 12.2. The molecule has 0 radical (unpaired) electrons. The summed E-state index contributed by atoms with van der Waals surface area (Å²) in [6.45, 7) is 0. The average Bonchev–Trinajstić information content (AvgIpc) is 3.80. The van der Waals surface area contributed by atoms with Crippen LogP contribution in [0.2, 0.25) is 0 Å². The number of ether oxygens (including phenoxy) is 1. The Bertz CT molecular complexity index is 3140. The molecule has 1 aliphatic heterocycles. The Balaban J connectivity index is 1.01. The van der Waals surface area contributed by atoms with Crippen LogP contribution in [-0.4, -0.2) is 9.97 Å². The summed E-state index contributed by atoms with van der Waals surface area (Å²) in [5, 5.41) is 2.57. The Hall–Kier alpha value is -6.88. The smallest absolute Gasteiger partial charge is 0.160 e. The number of nitrogens with zero attached hydrogens (tertiary/aromatic N) is 2. The van der Waals surface area contributed by atoms with E-state index in [4.69, 9.17) is 14.7 Å². The van der Waals surface area contributed by atoms with Gasteiger partial charge in [0.05, 0.1) is 16.8 Å². The number of hydrogen-bond acceptors (Lipinski definition) is 4. The van der Waals surface area contributed by atoms with Crippen LogP contribution < -0.4 is 4.74 Å². The van der Waals surface area contributed by atoms with Crippen molar-refractivity contribution in [3.05, 3.63) is 216 Å². The molecule has 3 aliphatic rings. The van der Waals surface area contributed by atoms with Crippen LogP contribution in [0.4, 0.5) is 0 Å². The summed E-state index contributed by atoms with van der Waals surface area (Å²) < 4.78 is 9.28. The van der Waals surface area contributed by atoms with Gasteiger partial charge in [0.25, 0.3) is 0 Å². The van der Waals surface area contributed by atoms with Gasteiger partial charge < -0.3 is 4.74 Å². The highest BCUT2D eigenvalue weighted by molar-refractivity contribution is 7.25. The maximum atomic E-state index is 6.74. The maximum Gasteiger partial charge on any atom is 0.160 e. The highest BCUT2D eigenvalue weighted by Gasteiger charge is 2.56. The molecular formula is C53H34N2OS. The van der Waals surface area contributed by atoms with Crippen molar-refractivity contribution in [3.8, 4) is 56.5 Å². The predicted octanol–water partition coefficient (Wildman–Crippen LogP) is 13.8. The molecule has 0 bridgehead atoms. The zero-order valence-corrected chi connectivity index (χ0v) is 31.7. The van der Waals surface area contributed by atoms with Gasteiger partial charge in [-0.3, -0.25) is 0 Å². The number of benzene rings is 7. The first-order valence-corrected chi connectivity index (χ1v) is 20.4. The van der Waals surface area contributed by atoms with Gasteiger partial charge in [-0.1, -0.05) is 152 Å². The second-order valence-electron chi connectivity index (χ2n) is 15.2. The average molecular weight is 747 g/mol. The van der Waals surface area contributed by atoms with E-state index < -0.39 is 5.41 Å².